The standard InChI is InChI=1S/C22H20FN3O4S2/c1-2-30-20(28)11-15-12-32-22(25-15)26-19(27)13-31-16-7-5-6-14(10-16)24-21(29)17-8-3-4-9-18(17)23/h3-10,12H,2,11,13H2,1H3,(H,24,29)(H,25,26,27). The van der Waals surface area contributed by atoms with E-state index in [0.717, 1.165) is 4.90 Å². The van der Waals surface area contributed by atoms with Gasteiger partial charge in [-0.25, -0.2) is 9.37 Å². The van der Waals surface area contributed by atoms with E-state index in [1.165, 1.54) is 41.3 Å². The summed E-state index contributed by atoms with van der Waals surface area (Å²) in [6.45, 7) is 2.03. The van der Waals surface area contributed by atoms with Gasteiger partial charge in [0.15, 0.2) is 5.13 Å². The van der Waals surface area contributed by atoms with Crippen LogP contribution in [0.1, 0.15) is 23.0 Å². The summed E-state index contributed by atoms with van der Waals surface area (Å²) in [6, 6.07) is 12.7. The van der Waals surface area contributed by atoms with E-state index in [4.69, 9.17) is 4.74 Å². The Morgan fingerprint density at radius 3 is 2.72 bits per heavy atom. The first-order valence-corrected chi connectivity index (χ1v) is 11.5. The van der Waals surface area contributed by atoms with Crippen LogP contribution >= 0.6 is 23.1 Å². The molecule has 0 spiro atoms. The third-order valence-electron chi connectivity index (χ3n) is 4.01. The fourth-order valence-electron chi connectivity index (χ4n) is 2.62. The molecule has 3 rings (SSSR count). The second-order valence-electron chi connectivity index (χ2n) is 6.42. The van der Waals surface area contributed by atoms with Gasteiger partial charge in [-0.2, -0.15) is 0 Å². The zero-order chi connectivity index (χ0) is 22.9. The van der Waals surface area contributed by atoms with Crippen LogP contribution in [-0.4, -0.2) is 35.1 Å². The summed E-state index contributed by atoms with van der Waals surface area (Å²) >= 11 is 2.51. The third kappa shape index (κ3) is 6.89. The molecule has 2 N–H and O–H groups in total. The summed E-state index contributed by atoms with van der Waals surface area (Å²) in [7, 11) is 0. The molecule has 2 aromatic carbocycles. The molecule has 0 unspecified atom stereocenters. The molecule has 10 heteroatoms. The largest absolute Gasteiger partial charge is 0.466 e. The number of anilines is 2. The average molecular weight is 474 g/mol. The third-order valence-corrected chi connectivity index (χ3v) is 5.81. The van der Waals surface area contributed by atoms with E-state index in [1.54, 1.807) is 42.6 Å². The van der Waals surface area contributed by atoms with E-state index < -0.39 is 11.7 Å². The number of rotatable bonds is 9. The first-order valence-electron chi connectivity index (χ1n) is 9.63. The van der Waals surface area contributed by atoms with Crippen LogP contribution in [0.25, 0.3) is 0 Å². The van der Waals surface area contributed by atoms with E-state index in [2.05, 4.69) is 15.6 Å². The molecule has 0 saturated carbocycles. The van der Waals surface area contributed by atoms with Crippen LogP contribution in [0.2, 0.25) is 0 Å². The lowest BCUT2D eigenvalue weighted by Crippen LogP contribution is -2.14. The Bertz CT molecular complexity index is 1120. The van der Waals surface area contributed by atoms with E-state index >= 15 is 0 Å². The number of nitrogens with zero attached hydrogens (tertiary/aromatic N) is 1. The van der Waals surface area contributed by atoms with Crippen LogP contribution < -0.4 is 10.6 Å². The van der Waals surface area contributed by atoms with E-state index in [-0.39, 0.29) is 29.6 Å². The molecule has 166 valence electrons. The first-order chi connectivity index (χ1) is 15.4. The molecule has 0 saturated heterocycles. The molecule has 0 fully saturated rings. The van der Waals surface area contributed by atoms with E-state index in [9.17, 15) is 18.8 Å². The van der Waals surface area contributed by atoms with Crippen molar-refractivity contribution < 1.29 is 23.5 Å². The van der Waals surface area contributed by atoms with Crippen molar-refractivity contribution in [3.8, 4) is 0 Å². The molecule has 32 heavy (non-hydrogen) atoms. The molecule has 0 aliphatic heterocycles. The maximum Gasteiger partial charge on any atom is 0.311 e. The number of amides is 2. The summed E-state index contributed by atoms with van der Waals surface area (Å²) in [5, 5.41) is 7.45. The number of nitrogens with one attached hydrogen (secondary N) is 2. The van der Waals surface area contributed by atoms with Crippen LogP contribution in [0.4, 0.5) is 15.2 Å². The molecular formula is C22H20FN3O4S2. The second kappa shape index (κ2) is 11.4. The number of thioether (sulfide) groups is 1. The van der Waals surface area contributed by atoms with Crippen LogP contribution in [0, 0.1) is 5.82 Å². The number of benzene rings is 2. The lowest BCUT2D eigenvalue weighted by molar-refractivity contribution is -0.142. The van der Waals surface area contributed by atoms with Gasteiger partial charge in [0, 0.05) is 16.0 Å². The highest BCUT2D eigenvalue weighted by atomic mass is 32.2. The maximum atomic E-state index is 13.8. The predicted octanol–water partition coefficient (Wildman–Crippen LogP) is 4.37. The predicted molar refractivity (Wildman–Crippen MR) is 123 cm³/mol. The van der Waals surface area contributed by atoms with E-state index in [0.29, 0.717) is 23.1 Å². The van der Waals surface area contributed by atoms with Crippen molar-refractivity contribution in [3.05, 3.63) is 71.0 Å². The summed E-state index contributed by atoms with van der Waals surface area (Å²) in [6.07, 6.45) is 0.0559. The molecule has 0 bridgehead atoms. The summed E-state index contributed by atoms with van der Waals surface area (Å²) in [4.78, 5) is 41.0. The highest BCUT2D eigenvalue weighted by Crippen LogP contribution is 2.23. The Kier molecular flexibility index (Phi) is 8.34. The fourth-order valence-corrected chi connectivity index (χ4v) is 4.10. The molecule has 1 heterocycles. The van der Waals surface area contributed by atoms with Crippen LogP contribution in [0.5, 0.6) is 0 Å². The minimum Gasteiger partial charge on any atom is -0.466 e. The Balaban J connectivity index is 1.51. The molecule has 0 radical (unpaired) electrons. The van der Waals surface area contributed by atoms with Crippen LogP contribution in [0.15, 0.2) is 58.8 Å². The Morgan fingerprint density at radius 2 is 1.94 bits per heavy atom. The molecular weight excluding hydrogens is 453 g/mol. The topological polar surface area (TPSA) is 97.4 Å². The lowest BCUT2D eigenvalue weighted by atomic mass is 10.2. The quantitative estimate of drug-likeness (QED) is 0.354. The second-order valence-corrected chi connectivity index (χ2v) is 8.33. The zero-order valence-corrected chi connectivity index (χ0v) is 18.7. The highest BCUT2D eigenvalue weighted by molar-refractivity contribution is 8.00. The molecule has 3 aromatic rings. The number of hydrogen-bond acceptors (Lipinski definition) is 7. The van der Waals surface area contributed by atoms with Gasteiger partial charge in [0.25, 0.3) is 5.91 Å². The Morgan fingerprint density at radius 1 is 1.12 bits per heavy atom. The van der Waals surface area contributed by atoms with Crippen molar-refractivity contribution in [2.45, 2.75) is 18.2 Å². The molecule has 0 aliphatic rings. The Hall–Kier alpha value is -3.24. The minimum atomic E-state index is -0.597. The number of aromatic nitrogens is 1. The van der Waals surface area contributed by atoms with Crippen LogP contribution in [0.3, 0.4) is 0 Å². The fraction of sp³-hybridized carbons (Fsp3) is 0.182. The van der Waals surface area contributed by atoms with Crippen molar-refractivity contribution in [1.29, 1.82) is 0 Å². The minimum absolute atomic E-state index is 0.0456. The number of ether oxygens (including phenoxy) is 1. The van der Waals surface area contributed by atoms with Gasteiger partial charge in [-0.05, 0) is 37.3 Å². The Labute approximate surface area is 192 Å². The summed E-state index contributed by atoms with van der Waals surface area (Å²) in [5.74, 6) is -1.65. The van der Waals surface area contributed by atoms with Gasteiger partial charge in [0.1, 0.15) is 5.82 Å². The highest BCUT2D eigenvalue weighted by Gasteiger charge is 2.13. The number of carbonyl (C=O) groups is 3. The van der Waals surface area contributed by atoms with Gasteiger partial charge in [-0.15, -0.1) is 23.1 Å². The van der Waals surface area contributed by atoms with Crippen molar-refractivity contribution in [1.82, 2.24) is 4.98 Å². The number of hydrogen-bond donors (Lipinski definition) is 2. The van der Waals surface area contributed by atoms with Gasteiger partial charge in [-0.3, -0.25) is 14.4 Å². The number of carbonyl (C=O) groups excluding carboxylic acids is 3. The van der Waals surface area contributed by atoms with E-state index in [1.807, 2.05) is 0 Å². The van der Waals surface area contributed by atoms with Gasteiger partial charge in [0.2, 0.25) is 5.91 Å². The number of esters is 1. The zero-order valence-electron chi connectivity index (χ0n) is 17.1. The van der Waals surface area contributed by atoms with Crippen molar-refractivity contribution >= 4 is 51.7 Å². The monoisotopic (exact) mass is 473 g/mol. The van der Waals surface area contributed by atoms with Crippen molar-refractivity contribution in [2.24, 2.45) is 0 Å². The molecule has 0 aliphatic carbocycles. The number of halogens is 1. The summed E-state index contributed by atoms with van der Waals surface area (Å²) in [5.41, 5.74) is 0.984. The van der Waals surface area contributed by atoms with Gasteiger partial charge < -0.3 is 15.4 Å². The summed E-state index contributed by atoms with van der Waals surface area (Å²) < 4.78 is 18.7. The van der Waals surface area contributed by atoms with Gasteiger partial charge in [0.05, 0.1) is 30.0 Å². The lowest BCUT2D eigenvalue weighted by Gasteiger charge is -2.08. The van der Waals surface area contributed by atoms with Crippen molar-refractivity contribution in [2.75, 3.05) is 23.0 Å². The molecule has 2 amide bonds. The number of thiazole rings is 1. The normalized spacial score (nSPS) is 10.4. The first kappa shape index (κ1) is 23.4. The van der Waals surface area contributed by atoms with Crippen molar-refractivity contribution in [3.63, 3.8) is 0 Å². The SMILES string of the molecule is CCOC(=O)Cc1csc(NC(=O)CSc2cccc(NC(=O)c3ccccc3F)c2)n1. The molecule has 1 aromatic heterocycles. The average Bonchev–Trinajstić information content (AvgIpc) is 3.19. The molecule has 7 nitrogen and oxygen atoms in total. The molecule has 0 atom stereocenters. The van der Waals surface area contributed by atoms with Gasteiger partial charge >= 0.3 is 5.97 Å². The van der Waals surface area contributed by atoms with Gasteiger partial charge in [-0.1, -0.05) is 18.2 Å². The maximum absolute atomic E-state index is 13.8. The smallest absolute Gasteiger partial charge is 0.311 e. The van der Waals surface area contributed by atoms with Crippen LogP contribution in [-0.2, 0) is 20.7 Å².